The van der Waals surface area contributed by atoms with Crippen LogP contribution in [0.4, 0.5) is 0 Å². The zero-order valence-corrected chi connectivity index (χ0v) is 16.6. The first-order valence-electron chi connectivity index (χ1n) is 10.7. The van der Waals surface area contributed by atoms with Crippen molar-refractivity contribution >= 4 is 5.91 Å². The number of rotatable bonds is 3. The van der Waals surface area contributed by atoms with Crippen molar-refractivity contribution in [2.45, 2.75) is 51.1 Å². The van der Waals surface area contributed by atoms with Crippen LogP contribution in [0.1, 0.15) is 60.2 Å². The third-order valence-electron chi connectivity index (χ3n) is 6.19. The molecular weight excluding hydrogens is 360 g/mol. The highest BCUT2D eigenvalue weighted by molar-refractivity contribution is 5.95. The molecule has 1 saturated heterocycles. The van der Waals surface area contributed by atoms with Gasteiger partial charge in [-0.05, 0) is 48.9 Å². The zero-order chi connectivity index (χ0) is 19.6. The molecule has 3 aromatic rings. The van der Waals surface area contributed by atoms with E-state index in [1.807, 2.05) is 47.4 Å². The molecule has 29 heavy (non-hydrogen) atoms. The Hall–Kier alpha value is -2.95. The van der Waals surface area contributed by atoms with Crippen LogP contribution in [0.25, 0.3) is 11.1 Å². The van der Waals surface area contributed by atoms with Crippen molar-refractivity contribution in [1.82, 2.24) is 19.7 Å². The van der Waals surface area contributed by atoms with Crippen molar-refractivity contribution in [2.75, 3.05) is 6.54 Å². The lowest BCUT2D eigenvalue weighted by molar-refractivity contribution is 0.0727. The molecule has 1 fully saturated rings. The van der Waals surface area contributed by atoms with Gasteiger partial charge in [-0.25, -0.2) is 0 Å². The zero-order valence-electron chi connectivity index (χ0n) is 16.6. The van der Waals surface area contributed by atoms with E-state index in [1.54, 1.807) is 0 Å². The van der Waals surface area contributed by atoms with Gasteiger partial charge in [0.25, 0.3) is 5.91 Å². The second-order valence-corrected chi connectivity index (χ2v) is 8.04. The van der Waals surface area contributed by atoms with Crippen LogP contribution in [-0.4, -0.2) is 32.1 Å². The number of aromatic nitrogens is 3. The van der Waals surface area contributed by atoms with E-state index in [4.69, 9.17) is 0 Å². The second-order valence-electron chi connectivity index (χ2n) is 8.04. The van der Waals surface area contributed by atoms with Gasteiger partial charge in [0.2, 0.25) is 0 Å². The summed E-state index contributed by atoms with van der Waals surface area (Å²) in [6.45, 7) is 1.76. The summed E-state index contributed by atoms with van der Waals surface area (Å²) in [5.41, 5.74) is 3.03. The highest BCUT2D eigenvalue weighted by atomic mass is 16.2. The van der Waals surface area contributed by atoms with Gasteiger partial charge < -0.3 is 9.47 Å². The van der Waals surface area contributed by atoms with E-state index in [0.717, 1.165) is 60.7 Å². The summed E-state index contributed by atoms with van der Waals surface area (Å²) in [5.74, 6) is 2.16. The van der Waals surface area contributed by atoms with Crippen LogP contribution in [0.2, 0.25) is 0 Å². The number of nitrogens with zero attached hydrogens (tertiary/aromatic N) is 4. The molecule has 0 aliphatic carbocycles. The Bertz CT molecular complexity index is 993. The molecule has 2 aliphatic heterocycles. The Morgan fingerprint density at radius 2 is 1.62 bits per heavy atom. The number of likely N-dealkylation sites (tertiary alicyclic amines) is 1. The molecule has 2 aromatic carbocycles. The monoisotopic (exact) mass is 386 g/mol. The van der Waals surface area contributed by atoms with Crippen molar-refractivity contribution in [3.05, 3.63) is 71.8 Å². The Balaban J connectivity index is 1.39. The maximum atomic E-state index is 13.3. The molecule has 148 valence electrons. The lowest BCUT2D eigenvalue weighted by Crippen LogP contribution is -2.32. The number of aryl methyl sites for hydroxylation is 1. The van der Waals surface area contributed by atoms with E-state index in [1.165, 1.54) is 19.3 Å². The number of carbonyl (C=O) groups is 1. The predicted molar refractivity (Wildman–Crippen MR) is 112 cm³/mol. The van der Waals surface area contributed by atoms with E-state index >= 15 is 0 Å². The SMILES string of the molecule is O=C(c1ccc(-c2ccccc2)cc1)N1CCCC1c1nnc2n1CCCCC2. The summed E-state index contributed by atoms with van der Waals surface area (Å²) in [6, 6.07) is 18.3. The van der Waals surface area contributed by atoms with Gasteiger partial charge in [-0.15, -0.1) is 10.2 Å². The number of benzene rings is 2. The fraction of sp³-hybridized carbons (Fsp3) is 0.375. The van der Waals surface area contributed by atoms with E-state index in [0.29, 0.717) is 0 Å². The van der Waals surface area contributed by atoms with Gasteiger partial charge in [0.1, 0.15) is 5.82 Å². The topological polar surface area (TPSA) is 51.0 Å². The number of hydrogen-bond acceptors (Lipinski definition) is 3. The average molecular weight is 386 g/mol. The first-order chi connectivity index (χ1) is 14.3. The lowest BCUT2D eigenvalue weighted by atomic mass is 10.0. The summed E-state index contributed by atoms with van der Waals surface area (Å²) < 4.78 is 2.28. The van der Waals surface area contributed by atoms with Crippen molar-refractivity contribution in [3.63, 3.8) is 0 Å². The van der Waals surface area contributed by atoms with Gasteiger partial charge in [-0.3, -0.25) is 4.79 Å². The van der Waals surface area contributed by atoms with Gasteiger partial charge in [0.05, 0.1) is 6.04 Å². The first kappa shape index (κ1) is 18.1. The summed E-state index contributed by atoms with van der Waals surface area (Å²) in [5, 5.41) is 8.97. The van der Waals surface area contributed by atoms with Crippen LogP contribution < -0.4 is 0 Å². The molecule has 5 rings (SSSR count). The Morgan fingerprint density at radius 1 is 0.828 bits per heavy atom. The number of fused-ring (bicyclic) bond motifs is 1. The summed E-state index contributed by atoms with van der Waals surface area (Å²) in [4.78, 5) is 15.3. The van der Waals surface area contributed by atoms with E-state index in [2.05, 4.69) is 26.9 Å². The van der Waals surface area contributed by atoms with Gasteiger partial charge in [-0.1, -0.05) is 48.9 Å². The molecule has 0 bridgehead atoms. The van der Waals surface area contributed by atoms with Crippen molar-refractivity contribution in [2.24, 2.45) is 0 Å². The Labute approximate surface area is 171 Å². The molecule has 0 spiro atoms. The molecule has 0 radical (unpaired) electrons. The van der Waals surface area contributed by atoms with Crippen molar-refractivity contribution < 1.29 is 4.79 Å². The minimum Gasteiger partial charge on any atom is -0.328 e. The molecular formula is C24H26N4O. The summed E-state index contributed by atoms with van der Waals surface area (Å²) in [6.07, 6.45) is 6.56. The van der Waals surface area contributed by atoms with Crippen molar-refractivity contribution in [3.8, 4) is 11.1 Å². The normalized spacial score (nSPS) is 19.0. The summed E-state index contributed by atoms with van der Waals surface area (Å²) >= 11 is 0. The highest BCUT2D eigenvalue weighted by Gasteiger charge is 2.34. The molecule has 2 aliphatic rings. The standard InChI is InChI=1S/C24H26N4O/c29-24(20-14-12-19(13-15-20)18-8-3-1-4-9-18)27-17-7-10-21(27)23-26-25-22-11-5-2-6-16-28(22)23/h1,3-4,8-9,12-15,21H,2,5-7,10-11,16-17H2. The lowest BCUT2D eigenvalue weighted by Gasteiger charge is -2.25. The van der Waals surface area contributed by atoms with Crippen LogP contribution in [0, 0.1) is 0 Å². The predicted octanol–water partition coefficient (Wildman–Crippen LogP) is 4.65. The second kappa shape index (κ2) is 7.82. The molecule has 0 N–H and O–H groups in total. The summed E-state index contributed by atoms with van der Waals surface area (Å²) in [7, 11) is 0. The first-order valence-corrected chi connectivity index (χ1v) is 10.7. The number of carbonyl (C=O) groups excluding carboxylic acids is 1. The van der Waals surface area contributed by atoms with Crippen LogP contribution in [0.15, 0.2) is 54.6 Å². The van der Waals surface area contributed by atoms with Crippen molar-refractivity contribution in [1.29, 1.82) is 0 Å². The number of hydrogen-bond donors (Lipinski definition) is 0. The maximum absolute atomic E-state index is 13.3. The van der Waals surface area contributed by atoms with Crippen LogP contribution in [-0.2, 0) is 13.0 Å². The fourth-order valence-corrected chi connectivity index (χ4v) is 4.63. The molecule has 5 nitrogen and oxygen atoms in total. The van der Waals surface area contributed by atoms with Gasteiger partial charge >= 0.3 is 0 Å². The molecule has 0 saturated carbocycles. The molecule has 3 heterocycles. The quantitative estimate of drug-likeness (QED) is 0.658. The van der Waals surface area contributed by atoms with Gasteiger partial charge in [-0.2, -0.15) is 0 Å². The Kier molecular flexibility index (Phi) is 4.88. The molecule has 5 heteroatoms. The maximum Gasteiger partial charge on any atom is 0.254 e. The fourth-order valence-electron chi connectivity index (χ4n) is 4.63. The molecule has 1 unspecified atom stereocenters. The van der Waals surface area contributed by atoms with E-state index in [9.17, 15) is 4.79 Å². The highest BCUT2D eigenvalue weighted by Crippen LogP contribution is 2.33. The van der Waals surface area contributed by atoms with Crippen LogP contribution in [0.5, 0.6) is 0 Å². The largest absolute Gasteiger partial charge is 0.328 e. The van der Waals surface area contributed by atoms with E-state index < -0.39 is 0 Å². The third-order valence-corrected chi connectivity index (χ3v) is 6.19. The average Bonchev–Trinajstić information content (AvgIpc) is 3.34. The minimum absolute atomic E-state index is 0.0376. The molecule has 1 atom stereocenters. The van der Waals surface area contributed by atoms with Gasteiger partial charge in [0, 0.05) is 25.1 Å². The van der Waals surface area contributed by atoms with Crippen LogP contribution >= 0.6 is 0 Å². The minimum atomic E-state index is 0.0376. The third kappa shape index (κ3) is 3.46. The number of amides is 1. The molecule has 1 aromatic heterocycles. The smallest absolute Gasteiger partial charge is 0.254 e. The van der Waals surface area contributed by atoms with E-state index in [-0.39, 0.29) is 11.9 Å². The Morgan fingerprint density at radius 3 is 2.45 bits per heavy atom. The van der Waals surface area contributed by atoms with Crippen LogP contribution in [0.3, 0.4) is 0 Å². The van der Waals surface area contributed by atoms with Gasteiger partial charge in [0.15, 0.2) is 5.82 Å². The molecule has 1 amide bonds.